The predicted molar refractivity (Wildman–Crippen MR) is 41.0 cm³/mol. The highest BCUT2D eigenvalue weighted by atomic mass is 19.4. The van der Waals surface area contributed by atoms with E-state index in [0.717, 1.165) is 6.20 Å². The second kappa shape index (κ2) is 3.65. The van der Waals surface area contributed by atoms with Gasteiger partial charge in [0.1, 0.15) is 0 Å². The number of aldehydes is 1. The Bertz CT molecular complexity index is 349. The predicted octanol–water partition coefficient (Wildman–Crippen LogP) is 2.10. The van der Waals surface area contributed by atoms with Gasteiger partial charge in [0.2, 0.25) is 5.88 Å². The van der Waals surface area contributed by atoms with Crippen molar-refractivity contribution in [3.63, 3.8) is 0 Å². The van der Waals surface area contributed by atoms with Crippen LogP contribution >= 0.6 is 0 Å². The van der Waals surface area contributed by atoms with Gasteiger partial charge in [0.15, 0.2) is 6.29 Å². The summed E-state index contributed by atoms with van der Waals surface area (Å²) in [4.78, 5) is 13.8. The molecule has 0 aliphatic rings. The van der Waals surface area contributed by atoms with Crippen molar-refractivity contribution in [1.29, 1.82) is 0 Å². The van der Waals surface area contributed by atoms with Crippen LogP contribution in [0.25, 0.3) is 0 Å². The molecule has 3 nitrogen and oxygen atoms in total. The molecule has 6 heteroatoms. The number of rotatable bonds is 2. The van der Waals surface area contributed by atoms with Crippen LogP contribution in [0, 0.1) is 6.92 Å². The van der Waals surface area contributed by atoms with Crippen LogP contribution in [-0.2, 0) is 0 Å². The molecule has 1 aromatic rings. The lowest BCUT2D eigenvalue weighted by Crippen LogP contribution is -2.18. The van der Waals surface area contributed by atoms with Crippen molar-refractivity contribution in [2.75, 3.05) is 0 Å². The SMILES string of the molecule is Cc1c(C=O)ccnc1OC(F)(F)F. The quantitative estimate of drug-likeness (QED) is 0.694. The summed E-state index contributed by atoms with van der Waals surface area (Å²) in [6.45, 7) is 1.33. The minimum absolute atomic E-state index is 0.0693. The molecular weight excluding hydrogens is 199 g/mol. The Morgan fingerprint density at radius 2 is 2.14 bits per heavy atom. The van der Waals surface area contributed by atoms with Crippen LogP contribution < -0.4 is 4.74 Å². The fraction of sp³-hybridized carbons (Fsp3) is 0.250. The number of hydrogen-bond donors (Lipinski definition) is 0. The molecule has 0 aliphatic heterocycles. The molecule has 76 valence electrons. The van der Waals surface area contributed by atoms with Gasteiger partial charge in [0.25, 0.3) is 0 Å². The van der Waals surface area contributed by atoms with Crippen LogP contribution in [0.4, 0.5) is 13.2 Å². The minimum Gasteiger partial charge on any atom is -0.388 e. The summed E-state index contributed by atoms with van der Waals surface area (Å²) in [5.41, 5.74) is 0.194. The van der Waals surface area contributed by atoms with E-state index in [9.17, 15) is 18.0 Å². The molecule has 1 heterocycles. The van der Waals surface area contributed by atoms with E-state index in [1.165, 1.54) is 13.0 Å². The van der Waals surface area contributed by atoms with Gasteiger partial charge in [0, 0.05) is 17.3 Å². The summed E-state index contributed by atoms with van der Waals surface area (Å²) < 4.78 is 39.0. The molecule has 14 heavy (non-hydrogen) atoms. The number of halogens is 3. The van der Waals surface area contributed by atoms with Gasteiger partial charge in [0.05, 0.1) is 0 Å². The smallest absolute Gasteiger partial charge is 0.388 e. The van der Waals surface area contributed by atoms with E-state index < -0.39 is 12.2 Å². The number of nitrogens with zero attached hydrogens (tertiary/aromatic N) is 1. The number of alkyl halides is 3. The van der Waals surface area contributed by atoms with E-state index in [0.29, 0.717) is 6.29 Å². The van der Waals surface area contributed by atoms with Crippen molar-refractivity contribution >= 4 is 6.29 Å². The van der Waals surface area contributed by atoms with Crippen molar-refractivity contribution in [2.45, 2.75) is 13.3 Å². The average Bonchev–Trinajstić information content (AvgIpc) is 2.06. The minimum atomic E-state index is -4.79. The molecule has 0 atom stereocenters. The third-order valence-electron chi connectivity index (χ3n) is 1.54. The first kappa shape index (κ1) is 10.5. The second-order valence-electron chi connectivity index (χ2n) is 2.50. The number of ether oxygens (including phenoxy) is 1. The molecule has 0 spiro atoms. The molecule has 0 saturated carbocycles. The van der Waals surface area contributed by atoms with Crippen LogP contribution in [0.2, 0.25) is 0 Å². The van der Waals surface area contributed by atoms with Crippen LogP contribution in [0.3, 0.4) is 0 Å². The maximum absolute atomic E-state index is 11.8. The van der Waals surface area contributed by atoms with Crippen molar-refractivity contribution < 1.29 is 22.7 Å². The van der Waals surface area contributed by atoms with Crippen molar-refractivity contribution in [3.05, 3.63) is 23.4 Å². The van der Waals surface area contributed by atoms with E-state index in [4.69, 9.17) is 0 Å². The normalized spacial score (nSPS) is 11.1. The maximum atomic E-state index is 11.8. The van der Waals surface area contributed by atoms with Gasteiger partial charge in [-0.1, -0.05) is 0 Å². The Hall–Kier alpha value is -1.59. The van der Waals surface area contributed by atoms with Gasteiger partial charge >= 0.3 is 6.36 Å². The summed E-state index contributed by atoms with van der Waals surface area (Å²) in [5.74, 6) is -0.595. The summed E-state index contributed by atoms with van der Waals surface area (Å²) >= 11 is 0. The van der Waals surface area contributed by atoms with Gasteiger partial charge < -0.3 is 4.74 Å². The van der Waals surface area contributed by atoms with Crippen LogP contribution in [0.1, 0.15) is 15.9 Å². The summed E-state index contributed by atoms with van der Waals surface area (Å²) in [6.07, 6.45) is -3.27. The lowest BCUT2D eigenvalue weighted by Gasteiger charge is -2.10. The number of carbonyl (C=O) groups is 1. The maximum Gasteiger partial charge on any atom is 0.574 e. The fourth-order valence-corrected chi connectivity index (χ4v) is 0.871. The lowest BCUT2D eigenvalue weighted by atomic mass is 10.2. The van der Waals surface area contributed by atoms with Crippen molar-refractivity contribution in [1.82, 2.24) is 4.98 Å². The highest BCUT2D eigenvalue weighted by molar-refractivity contribution is 5.77. The van der Waals surface area contributed by atoms with Crippen molar-refractivity contribution in [3.8, 4) is 5.88 Å². The largest absolute Gasteiger partial charge is 0.574 e. The lowest BCUT2D eigenvalue weighted by molar-refractivity contribution is -0.276. The van der Waals surface area contributed by atoms with Crippen LogP contribution in [-0.4, -0.2) is 17.6 Å². The fourth-order valence-electron chi connectivity index (χ4n) is 0.871. The molecule has 0 N–H and O–H groups in total. The van der Waals surface area contributed by atoms with E-state index in [1.807, 2.05) is 0 Å². The monoisotopic (exact) mass is 205 g/mol. The number of pyridine rings is 1. The Morgan fingerprint density at radius 1 is 1.50 bits per heavy atom. The Morgan fingerprint density at radius 3 is 2.64 bits per heavy atom. The molecule has 0 saturated heterocycles. The third-order valence-corrected chi connectivity index (χ3v) is 1.54. The van der Waals surface area contributed by atoms with E-state index in [2.05, 4.69) is 9.72 Å². The molecule has 0 amide bonds. The van der Waals surface area contributed by atoms with E-state index >= 15 is 0 Å². The average molecular weight is 205 g/mol. The van der Waals surface area contributed by atoms with Gasteiger partial charge in [-0.2, -0.15) is 0 Å². The standard InChI is InChI=1S/C8H6F3NO2/c1-5-6(4-13)2-3-12-7(5)14-8(9,10)11/h2-4H,1H3. The molecule has 1 aromatic heterocycles. The highest BCUT2D eigenvalue weighted by Crippen LogP contribution is 2.24. The summed E-state index contributed by atoms with van der Waals surface area (Å²) in [5, 5.41) is 0. The van der Waals surface area contributed by atoms with Crippen molar-refractivity contribution in [2.24, 2.45) is 0 Å². The Labute approximate surface area is 77.5 Å². The summed E-state index contributed by atoms with van der Waals surface area (Å²) in [7, 11) is 0. The number of hydrogen-bond acceptors (Lipinski definition) is 3. The third kappa shape index (κ3) is 2.45. The van der Waals surface area contributed by atoms with Gasteiger partial charge in [-0.3, -0.25) is 4.79 Å². The van der Waals surface area contributed by atoms with Gasteiger partial charge in [-0.05, 0) is 13.0 Å². The van der Waals surface area contributed by atoms with Crippen LogP contribution in [0.5, 0.6) is 5.88 Å². The topological polar surface area (TPSA) is 39.2 Å². The zero-order chi connectivity index (χ0) is 10.8. The second-order valence-corrected chi connectivity index (χ2v) is 2.50. The zero-order valence-corrected chi connectivity index (χ0v) is 7.13. The highest BCUT2D eigenvalue weighted by Gasteiger charge is 2.32. The first-order valence-corrected chi connectivity index (χ1v) is 3.60. The zero-order valence-electron chi connectivity index (χ0n) is 7.13. The molecule has 0 aliphatic carbocycles. The first-order chi connectivity index (χ1) is 6.44. The molecule has 0 unspecified atom stereocenters. The molecule has 0 fully saturated rings. The molecule has 0 radical (unpaired) electrons. The molecule has 0 bridgehead atoms. The molecule has 0 aromatic carbocycles. The first-order valence-electron chi connectivity index (χ1n) is 3.60. The molecular formula is C8H6F3NO2. The molecule has 1 rings (SSSR count). The van der Waals surface area contributed by atoms with Crippen LogP contribution in [0.15, 0.2) is 12.3 Å². The Kier molecular flexibility index (Phi) is 2.73. The number of aromatic nitrogens is 1. The summed E-state index contributed by atoms with van der Waals surface area (Å²) in [6, 6.07) is 1.31. The van der Waals surface area contributed by atoms with Gasteiger partial charge in [-0.15, -0.1) is 13.2 Å². The number of carbonyl (C=O) groups excluding carboxylic acids is 1. The van der Waals surface area contributed by atoms with E-state index in [-0.39, 0.29) is 11.1 Å². The van der Waals surface area contributed by atoms with E-state index in [1.54, 1.807) is 0 Å². The Balaban J connectivity index is 3.04. The van der Waals surface area contributed by atoms with Gasteiger partial charge in [-0.25, -0.2) is 4.98 Å².